The molecule has 0 saturated heterocycles. The Morgan fingerprint density at radius 3 is 2.73 bits per heavy atom. The fraction of sp³-hybridized carbons (Fsp3) is 0.375. The highest BCUT2D eigenvalue weighted by Gasteiger charge is 2.48. The molecule has 116 valence electrons. The maximum absolute atomic E-state index is 14.3. The highest BCUT2D eigenvalue weighted by atomic mass is 19.1. The van der Waals surface area contributed by atoms with Gasteiger partial charge in [-0.15, -0.1) is 0 Å². The number of cyclic esters (lactones) is 1. The first-order valence-corrected chi connectivity index (χ1v) is 6.95. The standard InChI is InChI=1S/C16H16FNO4/c1-16(2)14-13(15(20)22-16)10(7-12(19)18-14)9-5-4-8(21-3)6-11(9)17/h4-6,10H,7H2,1-3H3,(H,18,19)/t10-/m1/s1. The van der Waals surface area contributed by atoms with Crippen molar-refractivity contribution >= 4 is 11.9 Å². The zero-order valence-electron chi connectivity index (χ0n) is 12.5. The molecule has 0 fully saturated rings. The number of carbonyl (C=O) groups excluding carboxylic acids is 2. The van der Waals surface area contributed by atoms with Gasteiger partial charge in [0.1, 0.15) is 17.2 Å². The molecule has 0 saturated carbocycles. The summed E-state index contributed by atoms with van der Waals surface area (Å²) in [6.07, 6.45) is 0.00720. The lowest BCUT2D eigenvalue weighted by Gasteiger charge is -2.27. The molecule has 5 nitrogen and oxygen atoms in total. The van der Waals surface area contributed by atoms with E-state index in [2.05, 4.69) is 5.32 Å². The Morgan fingerprint density at radius 1 is 1.36 bits per heavy atom. The minimum Gasteiger partial charge on any atom is -0.497 e. The molecule has 0 spiro atoms. The minimum atomic E-state index is -0.913. The molecule has 0 aliphatic carbocycles. The number of benzene rings is 1. The topological polar surface area (TPSA) is 64.6 Å². The van der Waals surface area contributed by atoms with Gasteiger partial charge in [-0.05, 0) is 25.5 Å². The fourth-order valence-corrected chi connectivity index (χ4v) is 2.96. The van der Waals surface area contributed by atoms with Crippen molar-refractivity contribution in [2.75, 3.05) is 7.11 Å². The van der Waals surface area contributed by atoms with E-state index in [1.807, 2.05) is 0 Å². The van der Waals surface area contributed by atoms with E-state index in [-0.39, 0.29) is 17.9 Å². The summed E-state index contributed by atoms with van der Waals surface area (Å²) < 4.78 is 24.6. The second-order valence-corrected chi connectivity index (χ2v) is 5.88. The number of methoxy groups -OCH3 is 1. The van der Waals surface area contributed by atoms with Gasteiger partial charge in [-0.25, -0.2) is 9.18 Å². The Balaban J connectivity index is 2.12. The minimum absolute atomic E-state index is 0.00720. The van der Waals surface area contributed by atoms with Crippen LogP contribution in [0.3, 0.4) is 0 Å². The average molecular weight is 305 g/mol. The molecule has 3 rings (SSSR count). The molecule has 1 N–H and O–H groups in total. The van der Waals surface area contributed by atoms with E-state index in [9.17, 15) is 14.0 Å². The molecule has 2 heterocycles. The molecule has 2 aliphatic rings. The second-order valence-electron chi connectivity index (χ2n) is 5.88. The van der Waals surface area contributed by atoms with Gasteiger partial charge in [0.2, 0.25) is 5.91 Å². The van der Waals surface area contributed by atoms with Crippen molar-refractivity contribution < 1.29 is 23.5 Å². The molecule has 0 unspecified atom stereocenters. The zero-order chi connectivity index (χ0) is 16.1. The third kappa shape index (κ3) is 2.15. The first kappa shape index (κ1) is 14.6. The van der Waals surface area contributed by atoms with Crippen molar-refractivity contribution in [3.05, 3.63) is 40.8 Å². The van der Waals surface area contributed by atoms with Gasteiger partial charge >= 0.3 is 5.97 Å². The first-order chi connectivity index (χ1) is 10.3. The highest BCUT2D eigenvalue weighted by Crippen LogP contribution is 2.43. The van der Waals surface area contributed by atoms with Crippen LogP contribution in [0.4, 0.5) is 4.39 Å². The van der Waals surface area contributed by atoms with E-state index in [0.717, 1.165) is 0 Å². The molecule has 0 radical (unpaired) electrons. The van der Waals surface area contributed by atoms with Crippen LogP contribution in [0.5, 0.6) is 5.75 Å². The lowest BCUT2D eigenvalue weighted by molar-refractivity contribution is -0.144. The van der Waals surface area contributed by atoms with E-state index in [0.29, 0.717) is 17.0 Å². The molecule has 2 aliphatic heterocycles. The van der Waals surface area contributed by atoms with Crippen LogP contribution < -0.4 is 10.1 Å². The predicted molar refractivity (Wildman–Crippen MR) is 75.6 cm³/mol. The largest absolute Gasteiger partial charge is 0.497 e. The zero-order valence-corrected chi connectivity index (χ0v) is 12.5. The summed E-state index contributed by atoms with van der Waals surface area (Å²) in [7, 11) is 1.44. The fourth-order valence-electron chi connectivity index (χ4n) is 2.96. The molecule has 1 aromatic carbocycles. The molecule has 1 atom stereocenters. The van der Waals surface area contributed by atoms with E-state index in [1.54, 1.807) is 26.0 Å². The van der Waals surface area contributed by atoms with Crippen molar-refractivity contribution in [2.24, 2.45) is 0 Å². The summed E-state index contributed by atoms with van der Waals surface area (Å²) in [6.45, 7) is 3.39. The normalized spacial score (nSPS) is 23.0. The van der Waals surface area contributed by atoms with Crippen molar-refractivity contribution in [2.45, 2.75) is 31.8 Å². The Hall–Kier alpha value is -2.37. The maximum atomic E-state index is 14.3. The van der Waals surface area contributed by atoms with Crippen LogP contribution in [-0.4, -0.2) is 24.6 Å². The summed E-state index contributed by atoms with van der Waals surface area (Å²) in [5, 5.41) is 2.69. The van der Waals surface area contributed by atoms with Crippen LogP contribution in [0.1, 0.15) is 31.7 Å². The number of ether oxygens (including phenoxy) is 2. The Labute approximate surface area is 127 Å². The van der Waals surface area contributed by atoms with Crippen molar-refractivity contribution in [3.63, 3.8) is 0 Å². The number of amides is 1. The lowest BCUT2D eigenvalue weighted by atomic mass is 9.82. The highest BCUT2D eigenvalue weighted by molar-refractivity contribution is 5.99. The summed E-state index contributed by atoms with van der Waals surface area (Å²) in [4.78, 5) is 24.1. The van der Waals surface area contributed by atoms with Crippen molar-refractivity contribution in [1.82, 2.24) is 5.32 Å². The van der Waals surface area contributed by atoms with Gasteiger partial charge in [-0.1, -0.05) is 6.07 Å². The second kappa shape index (κ2) is 4.83. The number of hydrogen-bond donors (Lipinski definition) is 1. The molecule has 0 aromatic heterocycles. The quantitative estimate of drug-likeness (QED) is 0.849. The number of rotatable bonds is 2. The van der Waals surface area contributed by atoms with Gasteiger partial charge in [0.25, 0.3) is 0 Å². The number of halogens is 1. The molecule has 0 bridgehead atoms. The van der Waals surface area contributed by atoms with Crippen molar-refractivity contribution in [1.29, 1.82) is 0 Å². The van der Waals surface area contributed by atoms with Crippen LogP contribution in [0.25, 0.3) is 0 Å². The molecular formula is C16H16FNO4. The van der Waals surface area contributed by atoms with Gasteiger partial charge in [0.05, 0.1) is 18.4 Å². The van der Waals surface area contributed by atoms with E-state index in [4.69, 9.17) is 9.47 Å². The monoisotopic (exact) mass is 305 g/mol. The molecule has 1 aromatic rings. The van der Waals surface area contributed by atoms with Crippen LogP contribution in [-0.2, 0) is 14.3 Å². The van der Waals surface area contributed by atoms with Crippen LogP contribution in [0.2, 0.25) is 0 Å². The number of carbonyl (C=O) groups is 2. The summed E-state index contributed by atoms with van der Waals surface area (Å²) in [5.74, 6) is -1.55. The number of hydrogen-bond acceptors (Lipinski definition) is 4. The summed E-state index contributed by atoms with van der Waals surface area (Å²) in [6, 6.07) is 4.39. The van der Waals surface area contributed by atoms with Crippen LogP contribution in [0.15, 0.2) is 29.5 Å². The van der Waals surface area contributed by atoms with Gasteiger partial charge in [0, 0.05) is 18.4 Å². The summed E-state index contributed by atoms with van der Waals surface area (Å²) >= 11 is 0. The Kier molecular flexibility index (Phi) is 3.20. The molecule has 1 amide bonds. The smallest absolute Gasteiger partial charge is 0.337 e. The van der Waals surface area contributed by atoms with Gasteiger partial charge in [-0.2, -0.15) is 0 Å². The van der Waals surface area contributed by atoms with Gasteiger partial charge < -0.3 is 14.8 Å². The summed E-state index contributed by atoms with van der Waals surface area (Å²) in [5.41, 5.74) is 0.129. The Bertz CT molecular complexity index is 708. The van der Waals surface area contributed by atoms with Gasteiger partial charge in [-0.3, -0.25) is 4.79 Å². The van der Waals surface area contributed by atoms with E-state index >= 15 is 0 Å². The third-order valence-corrected chi connectivity index (χ3v) is 4.02. The van der Waals surface area contributed by atoms with Gasteiger partial charge in [0.15, 0.2) is 0 Å². The third-order valence-electron chi connectivity index (χ3n) is 4.02. The first-order valence-electron chi connectivity index (χ1n) is 6.95. The maximum Gasteiger partial charge on any atom is 0.337 e. The SMILES string of the molecule is COc1ccc([C@H]2CC(=O)NC3=C2C(=O)OC3(C)C)c(F)c1. The predicted octanol–water partition coefficient (Wildman–Crippen LogP) is 2.03. The molecular weight excluding hydrogens is 289 g/mol. The number of esters is 1. The molecule has 22 heavy (non-hydrogen) atoms. The molecule has 6 heteroatoms. The number of nitrogens with one attached hydrogen (secondary N) is 1. The average Bonchev–Trinajstić information content (AvgIpc) is 2.67. The van der Waals surface area contributed by atoms with Crippen LogP contribution >= 0.6 is 0 Å². The lowest BCUT2D eigenvalue weighted by Crippen LogP contribution is -2.38. The Morgan fingerprint density at radius 2 is 2.09 bits per heavy atom. The van der Waals surface area contributed by atoms with E-state index in [1.165, 1.54) is 13.2 Å². The van der Waals surface area contributed by atoms with Crippen molar-refractivity contribution in [3.8, 4) is 5.75 Å². The van der Waals surface area contributed by atoms with Crippen LogP contribution in [0, 0.1) is 5.82 Å². The van der Waals surface area contributed by atoms with E-state index < -0.39 is 23.3 Å².